The van der Waals surface area contributed by atoms with Crippen LogP contribution in [0.25, 0.3) is 0 Å². The standard InChI is InChI=1S/C31H31NO3/c33-30-27-14-8-7-11-24(27)20-31(30,25-12-5-2-6-13-25)26-15-17-32(18-16-26)28(29-21-34-22-35-29)19-23-9-3-1-4-10-23/h1-14,21,26,28H,15-20,22H2. The molecule has 0 bridgehead atoms. The summed E-state index contributed by atoms with van der Waals surface area (Å²) in [6, 6.07) is 29.4. The lowest BCUT2D eigenvalue weighted by atomic mass is 9.64. The summed E-state index contributed by atoms with van der Waals surface area (Å²) in [7, 11) is 0. The number of carbonyl (C=O) groups is 1. The molecule has 4 nitrogen and oxygen atoms in total. The average molecular weight is 466 g/mol. The Bertz CT molecular complexity index is 1210. The van der Waals surface area contributed by atoms with E-state index in [9.17, 15) is 4.79 Å². The smallest absolute Gasteiger partial charge is 0.229 e. The molecule has 1 saturated heterocycles. The molecule has 0 spiro atoms. The van der Waals surface area contributed by atoms with E-state index in [1.54, 1.807) is 6.26 Å². The van der Waals surface area contributed by atoms with E-state index in [1.807, 2.05) is 18.2 Å². The molecule has 3 aromatic rings. The predicted molar refractivity (Wildman–Crippen MR) is 136 cm³/mol. The van der Waals surface area contributed by atoms with Crippen LogP contribution in [0.5, 0.6) is 0 Å². The summed E-state index contributed by atoms with van der Waals surface area (Å²) in [6.07, 6.45) is 5.42. The molecule has 178 valence electrons. The molecular formula is C31H31NO3. The van der Waals surface area contributed by atoms with Gasteiger partial charge in [-0.1, -0.05) is 84.9 Å². The topological polar surface area (TPSA) is 38.8 Å². The Labute approximate surface area is 207 Å². The number of likely N-dealkylation sites (tertiary alicyclic amines) is 1. The molecule has 0 radical (unpaired) electrons. The maximum absolute atomic E-state index is 14.0. The molecule has 1 fully saturated rings. The summed E-state index contributed by atoms with van der Waals surface area (Å²) >= 11 is 0. The van der Waals surface area contributed by atoms with Crippen LogP contribution in [-0.2, 0) is 27.7 Å². The predicted octanol–water partition coefficient (Wildman–Crippen LogP) is 5.53. The summed E-state index contributed by atoms with van der Waals surface area (Å²) in [5.41, 5.74) is 4.07. The fraction of sp³-hybridized carbons (Fsp3) is 0.323. The van der Waals surface area contributed by atoms with Gasteiger partial charge in [-0.05, 0) is 61.4 Å². The number of fused-ring (bicyclic) bond motifs is 1. The van der Waals surface area contributed by atoms with Crippen LogP contribution in [0, 0.1) is 5.92 Å². The van der Waals surface area contributed by atoms with Crippen LogP contribution < -0.4 is 0 Å². The Morgan fingerprint density at radius 2 is 1.57 bits per heavy atom. The van der Waals surface area contributed by atoms with E-state index in [4.69, 9.17) is 9.47 Å². The minimum atomic E-state index is -0.474. The van der Waals surface area contributed by atoms with Crippen molar-refractivity contribution in [2.75, 3.05) is 19.9 Å². The summed E-state index contributed by atoms with van der Waals surface area (Å²) < 4.78 is 11.3. The molecule has 1 aliphatic carbocycles. The van der Waals surface area contributed by atoms with Crippen LogP contribution in [0.2, 0.25) is 0 Å². The summed E-state index contributed by atoms with van der Waals surface area (Å²) in [5.74, 6) is 1.51. The van der Waals surface area contributed by atoms with Crippen LogP contribution in [0.4, 0.5) is 0 Å². The zero-order valence-electron chi connectivity index (χ0n) is 19.9. The molecular weight excluding hydrogens is 434 g/mol. The third-order valence-corrected chi connectivity index (χ3v) is 8.19. The van der Waals surface area contributed by atoms with Crippen LogP contribution >= 0.6 is 0 Å². The van der Waals surface area contributed by atoms with Crippen molar-refractivity contribution in [3.05, 3.63) is 119 Å². The number of ketones is 1. The maximum atomic E-state index is 14.0. The highest BCUT2D eigenvalue weighted by molar-refractivity contribution is 6.08. The summed E-state index contributed by atoms with van der Waals surface area (Å²) in [5, 5.41) is 0. The van der Waals surface area contributed by atoms with Crippen LogP contribution in [-0.4, -0.2) is 36.6 Å². The Balaban J connectivity index is 1.27. The van der Waals surface area contributed by atoms with Gasteiger partial charge in [-0.15, -0.1) is 0 Å². The van der Waals surface area contributed by atoms with E-state index in [-0.39, 0.29) is 6.04 Å². The number of carbonyl (C=O) groups excluding carboxylic acids is 1. The number of ether oxygens (including phenoxy) is 2. The number of hydrogen-bond donors (Lipinski definition) is 0. The molecule has 3 aliphatic rings. The third kappa shape index (κ3) is 3.96. The molecule has 0 amide bonds. The number of rotatable bonds is 6. The number of nitrogens with zero attached hydrogens (tertiary/aromatic N) is 1. The van der Waals surface area contributed by atoms with Gasteiger partial charge in [0.25, 0.3) is 0 Å². The van der Waals surface area contributed by atoms with Crippen molar-refractivity contribution in [3.8, 4) is 0 Å². The lowest BCUT2D eigenvalue weighted by Crippen LogP contribution is -2.50. The zero-order chi connectivity index (χ0) is 23.7. The molecule has 35 heavy (non-hydrogen) atoms. The van der Waals surface area contributed by atoms with E-state index in [1.165, 1.54) is 11.1 Å². The molecule has 0 saturated carbocycles. The molecule has 0 N–H and O–H groups in total. The fourth-order valence-corrected chi connectivity index (χ4v) is 6.43. The molecule has 6 rings (SSSR count). The minimum Gasteiger partial charge on any atom is -0.462 e. The molecule has 4 heteroatoms. The summed E-state index contributed by atoms with van der Waals surface area (Å²) in [4.78, 5) is 16.5. The minimum absolute atomic E-state index is 0.144. The van der Waals surface area contributed by atoms with Crippen molar-refractivity contribution in [2.24, 2.45) is 5.92 Å². The molecule has 2 heterocycles. The Kier molecular flexibility index (Phi) is 5.91. The Morgan fingerprint density at radius 3 is 2.26 bits per heavy atom. The number of piperidine rings is 1. The van der Waals surface area contributed by atoms with E-state index >= 15 is 0 Å². The highest BCUT2D eigenvalue weighted by atomic mass is 16.7. The first-order valence-electron chi connectivity index (χ1n) is 12.7. The number of Topliss-reactive ketones (excluding diaryl/α,β-unsaturated/α-hetero) is 1. The Morgan fingerprint density at radius 1 is 0.886 bits per heavy atom. The fourth-order valence-electron chi connectivity index (χ4n) is 6.43. The van der Waals surface area contributed by atoms with Crippen molar-refractivity contribution in [1.29, 1.82) is 0 Å². The second kappa shape index (κ2) is 9.35. The largest absolute Gasteiger partial charge is 0.462 e. The summed E-state index contributed by atoms with van der Waals surface area (Å²) in [6.45, 7) is 2.16. The monoisotopic (exact) mass is 465 g/mol. The third-order valence-electron chi connectivity index (χ3n) is 8.19. The first-order valence-corrected chi connectivity index (χ1v) is 12.7. The highest BCUT2D eigenvalue weighted by Gasteiger charge is 2.52. The van der Waals surface area contributed by atoms with E-state index in [0.717, 1.165) is 55.7 Å². The van der Waals surface area contributed by atoms with Crippen LogP contribution in [0.15, 0.2) is 97.0 Å². The zero-order valence-corrected chi connectivity index (χ0v) is 19.9. The molecule has 2 atom stereocenters. The van der Waals surface area contributed by atoms with Gasteiger partial charge in [0.05, 0.1) is 11.5 Å². The van der Waals surface area contributed by atoms with E-state index in [2.05, 4.69) is 71.6 Å². The van der Waals surface area contributed by atoms with Gasteiger partial charge in [0, 0.05) is 5.56 Å². The van der Waals surface area contributed by atoms with Gasteiger partial charge in [0.2, 0.25) is 6.79 Å². The molecule has 2 unspecified atom stereocenters. The van der Waals surface area contributed by atoms with Gasteiger partial charge in [-0.3, -0.25) is 9.69 Å². The van der Waals surface area contributed by atoms with Crippen molar-refractivity contribution in [2.45, 2.75) is 37.1 Å². The van der Waals surface area contributed by atoms with Crippen LogP contribution in [0.1, 0.15) is 39.9 Å². The van der Waals surface area contributed by atoms with Gasteiger partial charge in [-0.25, -0.2) is 0 Å². The van der Waals surface area contributed by atoms with Crippen molar-refractivity contribution >= 4 is 5.78 Å². The maximum Gasteiger partial charge on any atom is 0.229 e. The van der Waals surface area contributed by atoms with Gasteiger partial charge in [0.1, 0.15) is 6.26 Å². The van der Waals surface area contributed by atoms with Gasteiger partial charge >= 0.3 is 0 Å². The quantitative estimate of drug-likeness (QED) is 0.480. The lowest BCUT2D eigenvalue weighted by Gasteiger charge is -2.44. The second-order valence-corrected chi connectivity index (χ2v) is 9.97. The first-order chi connectivity index (χ1) is 17.3. The average Bonchev–Trinajstić information content (AvgIpc) is 3.56. The highest BCUT2D eigenvalue weighted by Crippen LogP contribution is 2.48. The molecule has 3 aromatic carbocycles. The normalized spacial score (nSPS) is 23.3. The van der Waals surface area contributed by atoms with E-state index < -0.39 is 5.41 Å². The Hall–Kier alpha value is -3.37. The van der Waals surface area contributed by atoms with Gasteiger partial charge in [-0.2, -0.15) is 0 Å². The van der Waals surface area contributed by atoms with E-state index in [0.29, 0.717) is 18.5 Å². The molecule has 2 aliphatic heterocycles. The number of hydrogen-bond acceptors (Lipinski definition) is 4. The number of benzene rings is 3. The van der Waals surface area contributed by atoms with Gasteiger partial charge < -0.3 is 9.47 Å². The molecule has 0 aromatic heterocycles. The van der Waals surface area contributed by atoms with Crippen molar-refractivity contribution < 1.29 is 14.3 Å². The van der Waals surface area contributed by atoms with Crippen LogP contribution in [0.3, 0.4) is 0 Å². The second-order valence-electron chi connectivity index (χ2n) is 9.97. The lowest BCUT2D eigenvalue weighted by molar-refractivity contribution is 0.0436. The first kappa shape index (κ1) is 22.1. The van der Waals surface area contributed by atoms with Crippen molar-refractivity contribution in [1.82, 2.24) is 4.90 Å². The SMILES string of the molecule is O=C1c2ccccc2CC1(c1ccccc1)C1CCN(C(Cc2ccccc2)C2=COCO2)CC1. The van der Waals surface area contributed by atoms with Gasteiger partial charge in [0.15, 0.2) is 11.5 Å². The van der Waals surface area contributed by atoms with Crippen molar-refractivity contribution in [3.63, 3.8) is 0 Å².